The molecule has 1 aliphatic rings. The SMILES string of the molecule is CCc1ccc(S(=O)(=O)N2CCCN(S(C)(=O)=O)CC2)s1. The van der Waals surface area contributed by atoms with Crippen molar-refractivity contribution in [3.05, 3.63) is 17.0 Å². The normalized spacial score (nSPS) is 19.5. The molecule has 1 saturated heterocycles. The van der Waals surface area contributed by atoms with Gasteiger partial charge in [0.25, 0.3) is 10.0 Å². The van der Waals surface area contributed by atoms with E-state index in [4.69, 9.17) is 0 Å². The molecule has 0 radical (unpaired) electrons. The molecule has 1 aromatic rings. The molecule has 2 rings (SSSR count). The number of nitrogens with zero attached hydrogens (tertiary/aromatic N) is 2. The van der Waals surface area contributed by atoms with Gasteiger partial charge in [-0.05, 0) is 25.0 Å². The van der Waals surface area contributed by atoms with Crippen molar-refractivity contribution in [2.45, 2.75) is 24.0 Å². The number of thiophene rings is 1. The average Bonchev–Trinajstić information content (AvgIpc) is 2.73. The van der Waals surface area contributed by atoms with E-state index in [0.29, 0.717) is 23.7 Å². The maximum Gasteiger partial charge on any atom is 0.252 e. The predicted molar refractivity (Wildman–Crippen MR) is 83.5 cm³/mol. The Balaban J connectivity index is 2.18. The van der Waals surface area contributed by atoms with E-state index >= 15 is 0 Å². The van der Waals surface area contributed by atoms with E-state index in [0.717, 1.165) is 17.6 Å². The lowest BCUT2D eigenvalue weighted by Crippen LogP contribution is -2.36. The summed E-state index contributed by atoms with van der Waals surface area (Å²) in [5.74, 6) is 0. The molecule has 0 unspecified atom stereocenters. The van der Waals surface area contributed by atoms with Crippen LogP contribution in [0.5, 0.6) is 0 Å². The number of sulfonamides is 2. The van der Waals surface area contributed by atoms with Crippen LogP contribution < -0.4 is 0 Å². The zero-order valence-corrected chi connectivity index (χ0v) is 14.6. The third-order valence-corrected chi connectivity index (χ3v) is 8.36. The molecule has 0 aromatic carbocycles. The van der Waals surface area contributed by atoms with Crippen LogP contribution in [0.1, 0.15) is 18.2 Å². The standard InChI is InChI=1S/C12H20N2O4S3/c1-3-11-5-6-12(19-11)21(17,18)14-8-4-7-13(9-10-14)20(2,15)16/h5-6H,3-4,7-10H2,1-2H3. The summed E-state index contributed by atoms with van der Waals surface area (Å²) in [6, 6.07) is 3.47. The Hall–Kier alpha value is -0.480. The van der Waals surface area contributed by atoms with Crippen LogP contribution in [0.4, 0.5) is 0 Å². The summed E-state index contributed by atoms with van der Waals surface area (Å²) in [7, 11) is -6.78. The van der Waals surface area contributed by atoms with E-state index in [1.54, 1.807) is 6.07 Å². The maximum atomic E-state index is 12.6. The molecule has 9 heteroatoms. The van der Waals surface area contributed by atoms with Gasteiger partial charge in [-0.1, -0.05) is 6.92 Å². The Morgan fingerprint density at radius 2 is 1.67 bits per heavy atom. The fourth-order valence-electron chi connectivity index (χ4n) is 2.26. The molecular weight excluding hydrogens is 332 g/mol. The first-order chi connectivity index (χ1) is 9.75. The first-order valence-electron chi connectivity index (χ1n) is 6.79. The van der Waals surface area contributed by atoms with Gasteiger partial charge >= 0.3 is 0 Å². The van der Waals surface area contributed by atoms with Gasteiger partial charge in [0, 0.05) is 31.1 Å². The quantitative estimate of drug-likeness (QED) is 0.809. The number of hydrogen-bond acceptors (Lipinski definition) is 5. The molecule has 0 N–H and O–H groups in total. The van der Waals surface area contributed by atoms with Crippen molar-refractivity contribution in [1.29, 1.82) is 0 Å². The van der Waals surface area contributed by atoms with Crippen LogP contribution in [0.2, 0.25) is 0 Å². The topological polar surface area (TPSA) is 74.8 Å². The van der Waals surface area contributed by atoms with Crippen LogP contribution in [0, 0.1) is 0 Å². The van der Waals surface area contributed by atoms with Crippen molar-refractivity contribution in [2.24, 2.45) is 0 Å². The third-order valence-electron chi connectivity index (χ3n) is 3.46. The third kappa shape index (κ3) is 3.84. The molecule has 0 amide bonds. The first kappa shape index (κ1) is 16.9. The van der Waals surface area contributed by atoms with Gasteiger partial charge < -0.3 is 0 Å². The van der Waals surface area contributed by atoms with Crippen LogP contribution in [-0.4, -0.2) is 57.9 Å². The molecule has 1 fully saturated rings. The smallest absolute Gasteiger partial charge is 0.213 e. The van der Waals surface area contributed by atoms with Gasteiger partial charge in [0.05, 0.1) is 6.26 Å². The Bertz CT molecular complexity index is 694. The Morgan fingerprint density at radius 1 is 1.05 bits per heavy atom. The monoisotopic (exact) mass is 352 g/mol. The fourth-order valence-corrected chi connectivity index (χ4v) is 6.05. The Kier molecular flexibility index (Phi) is 5.09. The lowest BCUT2D eigenvalue weighted by molar-refractivity contribution is 0.407. The summed E-state index contributed by atoms with van der Waals surface area (Å²) in [6.07, 6.45) is 2.48. The Labute approximate surface area is 130 Å². The van der Waals surface area contributed by atoms with E-state index in [1.807, 2.05) is 13.0 Å². The van der Waals surface area contributed by atoms with E-state index in [2.05, 4.69) is 0 Å². The van der Waals surface area contributed by atoms with Gasteiger partial charge in [0.2, 0.25) is 10.0 Å². The molecule has 1 aliphatic heterocycles. The molecule has 0 saturated carbocycles. The van der Waals surface area contributed by atoms with Gasteiger partial charge in [-0.3, -0.25) is 0 Å². The number of rotatable bonds is 4. The zero-order valence-electron chi connectivity index (χ0n) is 12.1. The molecule has 6 nitrogen and oxygen atoms in total. The minimum Gasteiger partial charge on any atom is -0.213 e. The molecule has 0 atom stereocenters. The van der Waals surface area contributed by atoms with Crippen molar-refractivity contribution >= 4 is 31.4 Å². The second-order valence-electron chi connectivity index (χ2n) is 4.99. The van der Waals surface area contributed by atoms with E-state index in [-0.39, 0.29) is 13.1 Å². The maximum absolute atomic E-state index is 12.6. The highest BCUT2D eigenvalue weighted by atomic mass is 32.2. The van der Waals surface area contributed by atoms with Gasteiger partial charge in [0.15, 0.2) is 0 Å². The first-order valence-corrected chi connectivity index (χ1v) is 10.9. The van der Waals surface area contributed by atoms with Crippen molar-refractivity contribution < 1.29 is 16.8 Å². The lowest BCUT2D eigenvalue weighted by Gasteiger charge is -2.19. The summed E-state index contributed by atoms with van der Waals surface area (Å²) in [6.45, 7) is 3.13. The van der Waals surface area contributed by atoms with E-state index in [1.165, 1.54) is 19.9 Å². The largest absolute Gasteiger partial charge is 0.252 e. The van der Waals surface area contributed by atoms with Gasteiger partial charge in [-0.15, -0.1) is 11.3 Å². The van der Waals surface area contributed by atoms with Crippen molar-refractivity contribution in [2.75, 3.05) is 32.4 Å². The second kappa shape index (κ2) is 6.33. The molecule has 1 aromatic heterocycles. The summed E-state index contributed by atoms with van der Waals surface area (Å²) in [4.78, 5) is 1.03. The molecule has 120 valence electrons. The van der Waals surface area contributed by atoms with E-state index in [9.17, 15) is 16.8 Å². The van der Waals surface area contributed by atoms with Crippen LogP contribution in [0.25, 0.3) is 0 Å². The molecule has 0 aliphatic carbocycles. The highest BCUT2D eigenvalue weighted by Crippen LogP contribution is 2.26. The van der Waals surface area contributed by atoms with Crippen molar-refractivity contribution in [1.82, 2.24) is 8.61 Å². The minimum atomic E-state index is -3.51. The van der Waals surface area contributed by atoms with Gasteiger partial charge in [-0.25, -0.2) is 21.1 Å². The molecule has 21 heavy (non-hydrogen) atoms. The summed E-state index contributed by atoms with van der Waals surface area (Å²) < 4.78 is 51.4. The van der Waals surface area contributed by atoms with Crippen LogP contribution in [0.3, 0.4) is 0 Å². The Morgan fingerprint density at radius 3 is 2.24 bits per heavy atom. The van der Waals surface area contributed by atoms with Crippen molar-refractivity contribution in [3.8, 4) is 0 Å². The summed E-state index contributed by atoms with van der Waals surface area (Å²) in [5, 5.41) is 0. The van der Waals surface area contributed by atoms with Crippen LogP contribution >= 0.6 is 11.3 Å². The number of hydrogen-bond donors (Lipinski definition) is 0. The number of aryl methyl sites for hydroxylation is 1. The second-order valence-corrected chi connectivity index (χ2v) is 10.3. The minimum absolute atomic E-state index is 0.203. The molecule has 0 bridgehead atoms. The predicted octanol–water partition coefficient (Wildman–Crippen LogP) is 0.967. The van der Waals surface area contributed by atoms with Gasteiger partial charge in [-0.2, -0.15) is 4.31 Å². The molecule has 2 heterocycles. The highest BCUT2D eigenvalue weighted by molar-refractivity contribution is 7.91. The van der Waals surface area contributed by atoms with E-state index < -0.39 is 20.0 Å². The van der Waals surface area contributed by atoms with Gasteiger partial charge in [0.1, 0.15) is 4.21 Å². The summed E-state index contributed by atoms with van der Waals surface area (Å²) in [5.41, 5.74) is 0. The summed E-state index contributed by atoms with van der Waals surface area (Å²) >= 11 is 1.29. The molecule has 0 spiro atoms. The van der Waals surface area contributed by atoms with Crippen LogP contribution in [0.15, 0.2) is 16.3 Å². The highest BCUT2D eigenvalue weighted by Gasteiger charge is 2.30. The molecular formula is C12H20N2O4S3. The van der Waals surface area contributed by atoms with Crippen molar-refractivity contribution in [3.63, 3.8) is 0 Å². The average molecular weight is 353 g/mol. The lowest BCUT2D eigenvalue weighted by atomic mass is 10.4. The van der Waals surface area contributed by atoms with Crippen LogP contribution in [-0.2, 0) is 26.5 Å². The zero-order chi connectivity index (χ0) is 15.7. The fraction of sp³-hybridized carbons (Fsp3) is 0.667.